The molecule has 0 N–H and O–H groups in total. The molecule has 0 saturated carbocycles. The maximum atomic E-state index is 14.1. The molecule has 152 valence electrons. The van der Waals surface area contributed by atoms with Gasteiger partial charge in [-0.25, -0.2) is 0 Å². The molecule has 0 radical (unpaired) electrons. The number of ether oxygens (including phenoxy) is 3. The highest BCUT2D eigenvalue weighted by Crippen LogP contribution is 2.34. The zero-order valence-corrected chi connectivity index (χ0v) is 16.5. The normalized spacial score (nSPS) is 23.4. The third-order valence-corrected chi connectivity index (χ3v) is 5.16. The van der Waals surface area contributed by atoms with E-state index >= 15 is 0 Å². The van der Waals surface area contributed by atoms with Gasteiger partial charge in [0.2, 0.25) is 0 Å². The van der Waals surface area contributed by atoms with Crippen LogP contribution in [0, 0.1) is 0 Å². The summed E-state index contributed by atoms with van der Waals surface area (Å²) in [6, 6.07) is 8.10. The average Bonchev–Trinajstić information content (AvgIpc) is 2.72. The number of halogens is 2. The van der Waals surface area contributed by atoms with Crippen LogP contribution in [0.5, 0.6) is 0 Å². The molecule has 1 aliphatic heterocycles. The van der Waals surface area contributed by atoms with Gasteiger partial charge in [-0.15, -0.1) is 0 Å². The van der Waals surface area contributed by atoms with E-state index in [-0.39, 0.29) is 24.2 Å². The molecular weight excluding hydrogens is 362 g/mol. The molecule has 3 nitrogen and oxygen atoms in total. The van der Waals surface area contributed by atoms with Crippen LogP contribution in [0.2, 0.25) is 0 Å². The fourth-order valence-electron chi connectivity index (χ4n) is 3.59. The van der Waals surface area contributed by atoms with Gasteiger partial charge in [0.25, 0.3) is 0 Å². The van der Waals surface area contributed by atoms with Gasteiger partial charge >= 0.3 is 0 Å². The topological polar surface area (TPSA) is 27.7 Å². The molecule has 0 spiro atoms. The van der Waals surface area contributed by atoms with Gasteiger partial charge in [-0.1, -0.05) is 36.4 Å². The maximum absolute atomic E-state index is 14.1. The first-order chi connectivity index (χ1) is 13.6. The summed E-state index contributed by atoms with van der Waals surface area (Å²) in [6.07, 6.45) is 7.10. The summed E-state index contributed by atoms with van der Waals surface area (Å²) >= 11 is 0. The van der Waals surface area contributed by atoms with E-state index < -0.39 is 11.7 Å². The summed E-state index contributed by atoms with van der Waals surface area (Å²) in [5.41, 5.74) is 2.16. The van der Waals surface area contributed by atoms with Gasteiger partial charge in [0, 0.05) is 18.8 Å². The molecule has 0 aromatic heterocycles. The molecule has 2 atom stereocenters. The van der Waals surface area contributed by atoms with Crippen molar-refractivity contribution in [2.75, 3.05) is 13.2 Å². The van der Waals surface area contributed by atoms with Crippen molar-refractivity contribution >= 4 is 0 Å². The lowest BCUT2D eigenvalue weighted by Crippen LogP contribution is -2.23. The van der Waals surface area contributed by atoms with Crippen molar-refractivity contribution in [2.45, 2.75) is 58.2 Å². The van der Waals surface area contributed by atoms with E-state index in [9.17, 15) is 8.78 Å². The molecular formula is C23H28F2O3. The zero-order chi connectivity index (χ0) is 19.9. The van der Waals surface area contributed by atoms with Gasteiger partial charge in [-0.3, -0.25) is 0 Å². The van der Waals surface area contributed by atoms with E-state index in [1.54, 1.807) is 6.92 Å². The third-order valence-electron chi connectivity index (χ3n) is 5.16. The smallest absolute Gasteiger partial charge is 0.199 e. The molecule has 1 aromatic carbocycles. The van der Waals surface area contributed by atoms with Crippen LogP contribution in [0.3, 0.4) is 0 Å². The Labute approximate surface area is 165 Å². The monoisotopic (exact) mass is 390 g/mol. The standard InChI is InChI=1S/C23H28F2O3/c1-3-5-19-11-10-18(15-27-19)17-8-6-16(7-9-17)14-28-21-13-12-20(26-4-2)22(24)23(21)25/h3,5-9,18-19H,4,10-15H2,1-2H3/b5-3+. The zero-order valence-electron chi connectivity index (χ0n) is 16.5. The van der Waals surface area contributed by atoms with Crippen molar-refractivity contribution in [3.8, 4) is 0 Å². The van der Waals surface area contributed by atoms with Gasteiger partial charge in [0.1, 0.15) is 18.1 Å². The van der Waals surface area contributed by atoms with Crippen LogP contribution in [0.25, 0.3) is 0 Å². The fraction of sp³-hybridized carbons (Fsp3) is 0.478. The van der Waals surface area contributed by atoms with Gasteiger partial charge in [-0.05, 0) is 37.8 Å². The van der Waals surface area contributed by atoms with Crippen LogP contribution in [0.1, 0.15) is 56.6 Å². The molecule has 1 saturated heterocycles. The summed E-state index contributed by atoms with van der Waals surface area (Å²) in [5.74, 6) is -1.36. The van der Waals surface area contributed by atoms with E-state index in [4.69, 9.17) is 14.2 Å². The molecule has 0 bridgehead atoms. The minimum absolute atomic E-state index is 0.0562. The van der Waals surface area contributed by atoms with Crippen molar-refractivity contribution in [3.63, 3.8) is 0 Å². The van der Waals surface area contributed by atoms with Gasteiger partial charge < -0.3 is 14.2 Å². The maximum Gasteiger partial charge on any atom is 0.199 e. The first kappa shape index (κ1) is 20.6. The van der Waals surface area contributed by atoms with E-state index in [2.05, 4.69) is 18.2 Å². The second-order valence-corrected chi connectivity index (χ2v) is 7.11. The van der Waals surface area contributed by atoms with E-state index in [0.29, 0.717) is 25.4 Å². The summed E-state index contributed by atoms with van der Waals surface area (Å²) in [7, 11) is 0. The summed E-state index contributed by atoms with van der Waals surface area (Å²) in [5, 5.41) is 0. The molecule has 3 rings (SSSR count). The molecule has 2 aliphatic rings. The van der Waals surface area contributed by atoms with Crippen molar-refractivity contribution in [1.82, 2.24) is 0 Å². The van der Waals surface area contributed by atoms with Crippen LogP contribution < -0.4 is 0 Å². The Kier molecular flexibility index (Phi) is 7.26. The van der Waals surface area contributed by atoms with E-state index in [1.165, 1.54) is 5.56 Å². The lowest BCUT2D eigenvalue weighted by Gasteiger charge is -2.27. The van der Waals surface area contributed by atoms with Crippen LogP contribution in [-0.4, -0.2) is 19.3 Å². The number of hydrogen-bond acceptors (Lipinski definition) is 3. The highest BCUT2D eigenvalue weighted by molar-refractivity contribution is 5.30. The quantitative estimate of drug-likeness (QED) is 0.516. The molecule has 28 heavy (non-hydrogen) atoms. The minimum atomic E-state index is -0.943. The predicted molar refractivity (Wildman–Crippen MR) is 105 cm³/mol. The van der Waals surface area contributed by atoms with E-state index in [0.717, 1.165) is 25.0 Å². The van der Waals surface area contributed by atoms with Crippen molar-refractivity contribution in [2.24, 2.45) is 0 Å². The highest BCUT2D eigenvalue weighted by atomic mass is 19.2. The molecule has 1 aromatic rings. The molecule has 0 amide bonds. The fourth-order valence-corrected chi connectivity index (χ4v) is 3.59. The van der Waals surface area contributed by atoms with Crippen molar-refractivity contribution < 1.29 is 23.0 Å². The lowest BCUT2D eigenvalue weighted by atomic mass is 9.91. The highest BCUT2D eigenvalue weighted by Gasteiger charge is 2.25. The summed E-state index contributed by atoms with van der Waals surface area (Å²) < 4.78 is 44.7. The lowest BCUT2D eigenvalue weighted by molar-refractivity contribution is 0.0326. The second-order valence-electron chi connectivity index (χ2n) is 7.11. The Bertz CT molecular complexity index is 742. The Balaban J connectivity index is 1.55. The minimum Gasteiger partial charge on any atom is -0.495 e. The molecule has 1 heterocycles. The predicted octanol–water partition coefficient (Wildman–Crippen LogP) is 6.23. The Morgan fingerprint density at radius 3 is 2.29 bits per heavy atom. The molecule has 2 unspecified atom stereocenters. The Hall–Kier alpha value is -2.14. The van der Waals surface area contributed by atoms with Crippen LogP contribution >= 0.6 is 0 Å². The average molecular weight is 390 g/mol. The van der Waals surface area contributed by atoms with Crippen LogP contribution in [-0.2, 0) is 20.8 Å². The SMILES string of the molecule is C/C=C/C1CCC(c2ccc(COC3=C(F)C(F)=C(OCC)CC3)cc2)CO1. The third kappa shape index (κ3) is 5.02. The Morgan fingerprint density at radius 2 is 1.71 bits per heavy atom. The summed E-state index contributed by atoms with van der Waals surface area (Å²) in [6.45, 7) is 5.01. The molecule has 1 fully saturated rings. The van der Waals surface area contributed by atoms with Crippen LogP contribution in [0.4, 0.5) is 8.78 Å². The first-order valence-electron chi connectivity index (χ1n) is 9.98. The van der Waals surface area contributed by atoms with Gasteiger partial charge in [0.05, 0.1) is 19.3 Å². The largest absolute Gasteiger partial charge is 0.495 e. The van der Waals surface area contributed by atoms with Crippen LogP contribution in [0.15, 0.2) is 59.6 Å². The first-order valence-corrected chi connectivity index (χ1v) is 9.98. The second kappa shape index (κ2) is 9.87. The van der Waals surface area contributed by atoms with Crippen molar-refractivity contribution in [3.05, 3.63) is 70.7 Å². The van der Waals surface area contributed by atoms with Gasteiger partial charge in [0.15, 0.2) is 11.7 Å². The van der Waals surface area contributed by atoms with E-state index in [1.807, 2.05) is 25.1 Å². The van der Waals surface area contributed by atoms with Gasteiger partial charge in [-0.2, -0.15) is 8.78 Å². The van der Waals surface area contributed by atoms with Crippen molar-refractivity contribution in [1.29, 1.82) is 0 Å². The number of benzene rings is 1. The number of allylic oxidation sites excluding steroid dienone is 5. The Morgan fingerprint density at radius 1 is 1.04 bits per heavy atom. The number of rotatable bonds is 7. The molecule has 5 heteroatoms. The summed E-state index contributed by atoms with van der Waals surface area (Å²) in [4.78, 5) is 0. The molecule has 1 aliphatic carbocycles. The number of hydrogen-bond donors (Lipinski definition) is 0.